The summed E-state index contributed by atoms with van der Waals surface area (Å²) >= 11 is 3.96. The molecule has 0 unspecified atom stereocenters. The highest BCUT2D eigenvalue weighted by molar-refractivity contribution is 9.10. The lowest BCUT2D eigenvalue weighted by atomic mass is 9.69. The van der Waals surface area contributed by atoms with E-state index in [4.69, 9.17) is 0 Å². The van der Waals surface area contributed by atoms with Crippen LogP contribution in [0.4, 0.5) is 0 Å². The van der Waals surface area contributed by atoms with Crippen LogP contribution in [-0.4, -0.2) is 0 Å². The number of hydrogen-bond donors (Lipinski definition) is 0. The topological polar surface area (TPSA) is 0 Å². The first kappa shape index (κ1) is 32.1. The van der Waals surface area contributed by atoms with Crippen molar-refractivity contribution in [3.63, 3.8) is 0 Å². The van der Waals surface area contributed by atoms with Gasteiger partial charge in [0, 0.05) is 4.47 Å². The Kier molecular flexibility index (Phi) is 5.71. The molecular formula is C59H33Br. The molecule has 0 bridgehead atoms. The van der Waals surface area contributed by atoms with Crippen LogP contribution in [0.2, 0.25) is 0 Å². The highest BCUT2D eigenvalue weighted by Gasteiger charge is 2.54. The zero-order chi connectivity index (χ0) is 39.2. The van der Waals surface area contributed by atoms with Gasteiger partial charge in [0.2, 0.25) is 0 Å². The zero-order valence-electron chi connectivity index (χ0n) is 32.7. The molecular weight excluding hydrogens is 789 g/mol. The smallest absolute Gasteiger partial charge is 0.0619 e. The highest BCUT2D eigenvalue weighted by Crippen LogP contribution is 2.67. The zero-order valence-corrected chi connectivity index (χ0v) is 34.3. The number of aryl methyl sites for hydroxylation is 1. The van der Waals surface area contributed by atoms with E-state index in [2.05, 4.69) is 205 Å². The molecule has 0 aliphatic heterocycles. The monoisotopic (exact) mass is 820 g/mol. The summed E-state index contributed by atoms with van der Waals surface area (Å²) < 4.78 is 1.11. The average Bonchev–Trinajstić information content (AvgIpc) is 3.96. The molecule has 0 fully saturated rings. The molecule has 0 N–H and O–H groups in total. The number of fused-ring (bicyclic) bond motifs is 24. The maximum atomic E-state index is 3.96. The molecule has 0 radical (unpaired) electrons. The highest BCUT2D eigenvalue weighted by atomic mass is 79.9. The molecule has 11 aromatic rings. The minimum atomic E-state index is -0.465. The van der Waals surface area contributed by atoms with Gasteiger partial charge in [-0.05, 0) is 163 Å². The van der Waals surface area contributed by atoms with Gasteiger partial charge in [-0.3, -0.25) is 0 Å². The SMILES string of the molecule is Cc1ccc2c(c1)C1(c3ccccc3-c3ccccc31)c1cc3c4cc5c(c6cccc(c7cccc(c1-2)c73)c64)-c1ccc(Br)cc1C51c2ccccc2-c2ccccc21. The Morgan fingerprint density at radius 1 is 0.300 bits per heavy atom. The Bertz CT molecular complexity index is 3470. The van der Waals surface area contributed by atoms with E-state index < -0.39 is 10.8 Å². The molecule has 0 atom stereocenters. The second-order valence-electron chi connectivity index (χ2n) is 17.6. The van der Waals surface area contributed by atoms with Crippen molar-refractivity contribution >= 4 is 59.0 Å². The molecule has 0 saturated carbocycles. The third kappa shape index (κ3) is 3.39. The van der Waals surface area contributed by atoms with Gasteiger partial charge in [0.15, 0.2) is 0 Å². The molecule has 15 rings (SSSR count). The maximum Gasteiger partial charge on any atom is 0.0726 e. The van der Waals surface area contributed by atoms with Crippen molar-refractivity contribution in [1.82, 2.24) is 0 Å². The third-order valence-corrected chi connectivity index (χ3v) is 15.6. The Balaban J connectivity index is 1.18. The van der Waals surface area contributed by atoms with Gasteiger partial charge in [0.05, 0.1) is 10.8 Å². The molecule has 11 aromatic carbocycles. The predicted octanol–water partition coefficient (Wildman–Crippen LogP) is 15.5. The van der Waals surface area contributed by atoms with Gasteiger partial charge in [-0.2, -0.15) is 0 Å². The van der Waals surface area contributed by atoms with Crippen molar-refractivity contribution in [3.05, 3.63) is 237 Å². The van der Waals surface area contributed by atoms with Crippen LogP contribution in [0.25, 0.3) is 87.6 Å². The minimum Gasteiger partial charge on any atom is -0.0619 e. The summed E-state index contributed by atoms with van der Waals surface area (Å²) in [5.41, 5.74) is 22.2. The van der Waals surface area contributed by atoms with Crippen LogP contribution in [0.5, 0.6) is 0 Å². The van der Waals surface area contributed by atoms with Crippen LogP contribution < -0.4 is 0 Å². The van der Waals surface area contributed by atoms with Crippen molar-refractivity contribution in [1.29, 1.82) is 0 Å². The van der Waals surface area contributed by atoms with Gasteiger partial charge in [-0.1, -0.05) is 179 Å². The quantitative estimate of drug-likeness (QED) is 0.106. The first-order chi connectivity index (χ1) is 29.6. The Hall–Kier alpha value is -6.80. The lowest BCUT2D eigenvalue weighted by Gasteiger charge is -2.32. The van der Waals surface area contributed by atoms with E-state index in [1.807, 2.05) is 0 Å². The van der Waals surface area contributed by atoms with E-state index in [1.54, 1.807) is 0 Å². The van der Waals surface area contributed by atoms with E-state index >= 15 is 0 Å². The van der Waals surface area contributed by atoms with Crippen LogP contribution in [-0.2, 0) is 10.8 Å². The molecule has 1 heteroatoms. The standard InChI is InChI=1S/C59H33Br/c1-32-24-26-40-50(28-32)58(46-20-6-2-12-34(46)35-13-3-7-21-47(35)58)52-30-44-45-31-53-57(43-19-11-17-39(55(43)45)38-16-10-18-42(54(38)44)56(40)52)41-27-25-33(60)29-51(41)59(53)48-22-8-4-14-36(48)37-15-5-9-23-49(37)59/h2-31H,1H3. The fraction of sp³-hybridized carbons (Fsp3) is 0.0508. The van der Waals surface area contributed by atoms with Gasteiger partial charge in [0.1, 0.15) is 0 Å². The van der Waals surface area contributed by atoms with Gasteiger partial charge in [-0.15, -0.1) is 0 Å². The second-order valence-corrected chi connectivity index (χ2v) is 18.5. The van der Waals surface area contributed by atoms with Crippen LogP contribution in [0.1, 0.15) is 50.1 Å². The largest absolute Gasteiger partial charge is 0.0726 e. The van der Waals surface area contributed by atoms with E-state index in [1.165, 1.54) is 138 Å². The third-order valence-electron chi connectivity index (χ3n) is 15.1. The summed E-state index contributed by atoms with van der Waals surface area (Å²) in [6.45, 7) is 2.25. The molecule has 0 heterocycles. The van der Waals surface area contributed by atoms with Gasteiger partial charge in [-0.25, -0.2) is 0 Å². The number of benzene rings is 11. The number of halogens is 1. The minimum absolute atomic E-state index is 0.440. The van der Waals surface area contributed by atoms with Crippen molar-refractivity contribution in [2.45, 2.75) is 17.8 Å². The van der Waals surface area contributed by atoms with Crippen LogP contribution in [0.15, 0.2) is 186 Å². The lowest BCUT2D eigenvalue weighted by Crippen LogP contribution is -2.26. The van der Waals surface area contributed by atoms with E-state index in [0.717, 1.165) is 4.47 Å². The van der Waals surface area contributed by atoms with E-state index in [9.17, 15) is 0 Å². The number of rotatable bonds is 0. The molecule has 60 heavy (non-hydrogen) atoms. The molecule has 2 spiro atoms. The second kappa shape index (κ2) is 10.7. The summed E-state index contributed by atoms with van der Waals surface area (Å²) in [5, 5.41) is 10.7. The normalized spacial score (nSPS) is 15.1. The Morgan fingerprint density at radius 2 is 0.700 bits per heavy atom. The molecule has 0 nitrogen and oxygen atoms in total. The van der Waals surface area contributed by atoms with Gasteiger partial charge >= 0.3 is 0 Å². The fourth-order valence-corrected chi connectivity index (χ4v) is 13.5. The van der Waals surface area contributed by atoms with Crippen molar-refractivity contribution in [2.24, 2.45) is 0 Å². The lowest BCUT2D eigenvalue weighted by molar-refractivity contribution is 0.794. The molecule has 4 aliphatic rings. The van der Waals surface area contributed by atoms with Crippen LogP contribution in [0, 0.1) is 6.92 Å². The summed E-state index contributed by atoms with van der Waals surface area (Å²) in [5.74, 6) is 0. The van der Waals surface area contributed by atoms with E-state index in [-0.39, 0.29) is 0 Å². The van der Waals surface area contributed by atoms with Crippen molar-refractivity contribution < 1.29 is 0 Å². The van der Waals surface area contributed by atoms with E-state index in [0.29, 0.717) is 0 Å². The van der Waals surface area contributed by atoms with Crippen molar-refractivity contribution in [3.8, 4) is 44.5 Å². The van der Waals surface area contributed by atoms with Crippen molar-refractivity contribution in [2.75, 3.05) is 0 Å². The molecule has 0 aromatic heterocycles. The van der Waals surface area contributed by atoms with Crippen LogP contribution >= 0.6 is 15.9 Å². The summed E-state index contributed by atoms with van der Waals surface area (Å²) in [6, 6.07) is 70.4. The maximum absolute atomic E-state index is 3.96. The molecule has 0 saturated heterocycles. The van der Waals surface area contributed by atoms with Crippen LogP contribution in [0.3, 0.4) is 0 Å². The Morgan fingerprint density at radius 3 is 1.17 bits per heavy atom. The first-order valence-electron chi connectivity index (χ1n) is 21.1. The molecule has 0 amide bonds. The predicted molar refractivity (Wildman–Crippen MR) is 253 cm³/mol. The summed E-state index contributed by atoms with van der Waals surface area (Å²) in [4.78, 5) is 0. The molecule has 276 valence electrons. The fourth-order valence-electron chi connectivity index (χ4n) is 13.2. The summed E-state index contributed by atoms with van der Waals surface area (Å²) in [6.07, 6.45) is 0. The van der Waals surface area contributed by atoms with Gasteiger partial charge < -0.3 is 0 Å². The van der Waals surface area contributed by atoms with Gasteiger partial charge in [0.25, 0.3) is 0 Å². The number of hydrogen-bond acceptors (Lipinski definition) is 0. The summed E-state index contributed by atoms with van der Waals surface area (Å²) in [7, 11) is 0. The average molecular weight is 822 g/mol. The Labute approximate surface area is 355 Å². The molecule has 4 aliphatic carbocycles. The first-order valence-corrected chi connectivity index (χ1v) is 21.9.